The number of hydrogen-bond acceptors (Lipinski definition) is 1. The molecular formula is C16H17BrN2O. The molecule has 0 spiro atoms. The van der Waals surface area contributed by atoms with Crippen LogP contribution in [-0.2, 0) is 6.42 Å². The lowest BCUT2D eigenvalue weighted by molar-refractivity contribution is 0.252. The molecule has 4 heteroatoms. The van der Waals surface area contributed by atoms with Gasteiger partial charge in [-0.3, -0.25) is 0 Å². The van der Waals surface area contributed by atoms with Crippen LogP contribution in [0.4, 0.5) is 10.5 Å². The van der Waals surface area contributed by atoms with E-state index in [1.165, 1.54) is 11.1 Å². The summed E-state index contributed by atoms with van der Waals surface area (Å²) in [6.07, 6.45) is 0.829. The van der Waals surface area contributed by atoms with Crippen molar-refractivity contribution in [2.45, 2.75) is 13.3 Å². The highest BCUT2D eigenvalue weighted by molar-refractivity contribution is 9.10. The monoisotopic (exact) mass is 332 g/mol. The smallest absolute Gasteiger partial charge is 0.319 e. The lowest BCUT2D eigenvalue weighted by Gasteiger charge is -2.10. The van der Waals surface area contributed by atoms with Crippen LogP contribution in [0.1, 0.15) is 11.1 Å². The predicted molar refractivity (Wildman–Crippen MR) is 86.0 cm³/mol. The van der Waals surface area contributed by atoms with Crippen molar-refractivity contribution in [2.24, 2.45) is 0 Å². The molecule has 2 aromatic carbocycles. The lowest BCUT2D eigenvalue weighted by atomic mass is 10.1. The SMILES string of the molecule is Cc1ccccc1CCNC(=O)Nc1ccccc1Br. The highest BCUT2D eigenvalue weighted by Crippen LogP contribution is 2.20. The van der Waals surface area contributed by atoms with Gasteiger partial charge in [0.05, 0.1) is 5.69 Å². The molecule has 0 aliphatic rings. The number of carbonyl (C=O) groups excluding carboxylic acids is 1. The highest BCUT2D eigenvalue weighted by Gasteiger charge is 2.04. The molecule has 2 aromatic rings. The lowest BCUT2D eigenvalue weighted by Crippen LogP contribution is -2.30. The number of amides is 2. The second kappa shape index (κ2) is 7.10. The molecule has 0 radical (unpaired) electrons. The van der Waals surface area contributed by atoms with Gasteiger partial charge in [-0.2, -0.15) is 0 Å². The standard InChI is InChI=1S/C16H17BrN2O/c1-12-6-2-3-7-13(12)10-11-18-16(20)19-15-9-5-4-8-14(15)17/h2-9H,10-11H2,1H3,(H2,18,19,20). The minimum atomic E-state index is -0.189. The summed E-state index contributed by atoms with van der Waals surface area (Å²) in [5.41, 5.74) is 3.27. The Bertz CT molecular complexity index is 599. The van der Waals surface area contributed by atoms with E-state index >= 15 is 0 Å². The maximum Gasteiger partial charge on any atom is 0.319 e. The quantitative estimate of drug-likeness (QED) is 0.868. The van der Waals surface area contributed by atoms with Gasteiger partial charge in [-0.1, -0.05) is 36.4 Å². The third kappa shape index (κ3) is 4.10. The molecule has 0 saturated heterocycles. The van der Waals surface area contributed by atoms with Crippen molar-refractivity contribution in [3.63, 3.8) is 0 Å². The first-order chi connectivity index (χ1) is 9.66. The number of halogens is 1. The number of para-hydroxylation sites is 1. The topological polar surface area (TPSA) is 41.1 Å². The minimum absolute atomic E-state index is 0.189. The maximum absolute atomic E-state index is 11.8. The summed E-state index contributed by atoms with van der Waals surface area (Å²) in [7, 11) is 0. The third-order valence-electron chi connectivity index (χ3n) is 3.06. The van der Waals surface area contributed by atoms with E-state index in [4.69, 9.17) is 0 Å². The summed E-state index contributed by atoms with van der Waals surface area (Å²) in [6.45, 7) is 2.69. The zero-order chi connectivity index (χ0) is 14.4. The minimum Gasteiger partial charge on any atom is -0.338 e. The average Bonchev–Trinajstić information content (AvgIpc) is 2.43. The fourth-order valence-electron chi connectivity index (χ4n) is 1.93. The van der Waals surface area contributed by atoms with Gasteiger partial charge in [-0.15, -0.1) is 0 Å². The molecule has 0 atom stereocenters. The number of aryl methyl sites for hydroxylation is 1. The van der Waals surface area contributed by atoms with Crippen molar-refractivity contribution in [1.82, 2.24) is 5.32 Å². The summed E-state index contributed by atoms with van der Waals surface area (Å²) in [5.74, 6) is 0. The number of carbonyl (C=O) groups is 1. The number of urea groups is 1. The molecule has 0 bridgehead atoms. The Morgan fingerprint density at radius 3 is 2.55 bits per heavy atom. The first-order valence-electron chi connectivity index (χ1n) is 6.50. The van der Waals surface area contributed by atoms with Crippen molar-refractivity contribution in [3.8, 4) is 0 Å². The van der Waals surface area contributed by atoms with Crippen molar-refractivity contribution in [2.75, 3.05) is 11.9 Å². The van der Waals surface area contributed by atoms with E-state index in [-0.39, 0.29) is 6.03 Å². The Morgan fingerprint density at radius 2 is 1.80 bits per heavy atom. The fourth-order valence-corrected chi connectivity index (χ4v) is 2.31. The number of rotatable bonds is 4. The first kappa shape index (κ1) is 14.6. The highest BCUT2D eigenvalue weighted by atomic mass is 79.9. The van der Waals surface area contributed by atoms with Crippen molar-refractivity contribution < 1.29 is 4.79 Å². The van der Waals surface area contributed by atoms with E-state index in [1.807, 2.05) is 36.4 Å². The largest absolute Gasteiger partial charge is 0.338 e. The molecule has 20 heavy (non-hydrogen) atoms. The maximum atomic E-state index is 11.8. The molecule has 0 heterocycles. The summed E-state index contributed by atoms with van der Waals surface area (Å²) in [5, 5.41) is 5.68. The van der Waals surface area contributed by atoms with E-state index in [0.717, 1.165) is 16.6 Å². The van der Waals surface area contributed by atoms with Crippen LogP contribution in [0.5, 0.6) is 0 Å². The molecule has 0 aliphatic carbocycles. The van der Waals surface area contributed by atoms with Crippen molar-refractivity contribution in [3.05, 3.63) is 64.1 Å². The van der Waals surface area contributed by atoms with Gasteiger partial charge in [0.2, 0.25) is 0 Å². The number of benzene rings is 2. The van der Waals surface area contributed by atoms with E-state index in [9.17, 15) is 4.79 Å². The first-order valence-corrected chi connectivity index (χ1v) is 7.30. The van der Waals surface area contributed by atoms with E-state index in [2.05, 4.69) is 45.6 Å². The number of hydrogen-bond donors (Lipinski definition) is 2. The average molecular weight is 333 g/mol. The molecule has 0 aliphatic heterocycles. The summed E-state index contributed by atoms with van der Waals surface area (Å²) < 4.78 is 0.869. The predicted octanol–water partition coefficient (Wildman–Crippen LogP) is 4.12. The molecular weight excluding hydrogens is 316 g/mol. The molecule has 0 saturated carbocycles. The van der Waals surface area contributed by atoms with Gasteiger partial charge in [0, 0.05) is 11.0 Å². The molecule has 0 fully saturated rings. The fraction of sp³-hybridized carbons (Fsp3) is 0.188. The third-order valence-corrected chi connectivity index (χ3v) is 3.75. The van der Waals surface area contributed by atoms with Crippen LogP contribution < -0.4 is 10.6 Å². The Hall–Kier alpha value is -1.81. The van der Waals surface area contributed by atoms with Crippen molar-refractivity contribution in [1.29, 1.82) is 0 Å². The van der Waals surface area contributed by atoms with Crippen LogP contribution >= 0.6 is 15.9 Å². The Balaban J connectivity index is 1.82. The van der Waals surface area contributed by atoms with E-state index in [0.29, 0.717) is 6.54 Å². The van der Waals surface area contributed by atoms with Gasteiger partial charge in [-0.25, -0.2) is 4.79 Å². The van der Waals surface area contributed by atoms with Crippen LogP contribution in [-0.4, -0.2) is 12.6 Å². The molecule has 2 N–H and O–H groups in total. The van der Waals surface area contributed by atoms with Gasteiger partial charge in [0.25, 0.3) is 0 Å². The van der Waals surface area contributed by atoms with Crippen LogP contribution in [0.3, 0.4) is 0 Å². The van der Waals surface area contributed by atoms with E-state index < -0.39 is 0 Å². The molecule has 2 amide bonds. The summed E-state index contributed by atoms with van der Waals surface area (Å²) >= 11 is 3.40. The van der Waals surface area contributed by atoms with Gasteiger partial charge in [0.15, 0.2) is 0 Å². The van der Waals surface area contributed by atoms with Crippen molar-refractivity contribution >= 4 is 27.6 Å². The molecule has 0 unspecified atom stereocenters. The second-order valence-electron chi connectivity index (χ2n) is 4.54. The normalized spacial score (nSPS) is 10.1. The Labute approximate surface area is 127 Å². The molecule has 2 rings (SSSR count). The van der Waals surface area contributed by atoms with Gasteiger partial charge in [-0.05, 0) is 52.5 Å². The number of anilines is 1. The molecule has 104 valence electrons. The van der Waals surface area contributed by atoms with Crippen LogP contribution in [0, 0.1) is 6.92 Å². The van der Waals surface area contributed by atoms with Gasteiger partial charge >= 0.3 is 6.03 Å². The van der Waals surface area contributed by atoms with Gasteiger partial charge in [0.1, 0.15) is 0 Å². The zero-order valence-electron chi connectivity index (χ0n) is 11.3. The van der Waals surface area contributed by atoms with Crippen LogP contribution in [0.15, 0.2) is 53.0 Å². The summed E-state index contributed by atoms with van der Waals surface area (Å²) in [6, 6.07) is 15.5. The Morgan fingerprint density at radius 1 is 1.10 bits per heavy atom. The van der Waals surface area contributed by atoms with Gasteiger partial charge < -0.3 is 10.6 Å². The van der Waals surface area contributed by atoms with Crippen LogP contribution in [0.2, 0.25) is 0 Å². The second-order valence-corrected chi connectivity index (χ2v) is 5.39. The summed E-state index contributed by atoms with van der Waals surface area (Å²) in [4.78, 5) is 11.8. The molecule has 3 nitrogen and oxygen atoms in total. The zero-order valence-corrected chi connectivity index (χ0v) is 12.9. The van der Waals surface area contributed by atoms with Crippen LogP contribution in [0.25, 0.3) is 0 Å². The Kier molecular flexibility index (Phi) is 5.18. The van der Waals surface area contributed by atoms with E-state index in [1.54, 1.807) is 0 Å². The molecule has 0 aromatic heterocycles. The number of nitrogens with one attached hydrogen (secondary N) is 2.